The van der Waals surface area contributed by atoms with Crippen molar-refractivity contribution in [2.24, 2.45) is 0 Å². The smallest absolute Gasteiger partial charge is 0.187 e. The van der Waals surface area contributed by atoms with Gasteiger partial charge in [-0.25, -0.2) is 4.98 Å². The van der Waals surface area contributed by atoms with Crippen LogP contribution in [0.2, 0.25) is 0 Å². The topological polar surface area (TPSA) is 37.0 Å². The van der Waals surface area contributed by atoms with Gasteiger partial charge in [-0.05, 0) is 43.9 Å². The molecule has 0 amide bonds. The highest BCUT2D eigenvalue weighted by Crippen LogP contribution is 2.30. The molecule has 1 aromatic heterocycles. The van der Waals surface area contributed by atoms with Crippen molar-refractivity contribution in [1.82, 2.24) is 10.3 Å². The number of rotatable bonds is 8. The van der Waals surface area contributed by atoms with Crippen molar-refractivity contribution in [1.29, 1.82) is 0 Å². The second-order valence-corrected chi connectivity index (χ2v) is 6.63. The van der Waals surface area contributed by atoms with Gasteiger partial charge in [0.25, 0.3) is 0 Å². The molecule has 0 bridgehead atoms. The number of thiazole rings is 1. The van der Waals surface area contributed by atoms with Crippen molar-refractivity contribution < 1.29 is 0 Å². The molecule has 120 valence electrons. The molecule has 0 aliphatic heterocycles. The molecule has 2 N–H and O–H groups in total. The first kappa shape index (κ1) is 17.0. The highest BCUT2D eigenvalue weighted by Gasteiger charge is 2.12. The SMILES string of the molecule is CCCNC(C)c1csc(Nc2ccccc2C(C)CC)n1. The summed E-state index contributed by atoms with van der Waals surface area (Å²) in [5, 5.41) is 10.1. The fourth-order valence-corrected chi connectivity index (χ4v) is 3.20. The summed E-state index contributed by atoms with van der Waals surface area (Å²) in [5.41, 5.74) is 3.65. The first-order valence-electron chi connectivity index (χ1n) is 8.20. The predicted molar refractivity (Wildman–Crippen MR) is 97.3 cm³/mol. The zero-order valence-corrected chi connectivity index (χ0v) is 14.8. The van der Waals surface area contributed by atoms with Gasteiger partial charge in [0.1, 0.15) is 0 Å². The maximum atomic E-state index is 4.73. The molecule has 2 rings (SSSR count). The standard InChI is InChI=1S/C18H27N3S/c1-5-11-19-14(4)17-12-22-18(21-17)20-16-10-8-7-9-15(16)13(3)6-2/h7-10,12-14,19H,5-6,11H2,1-4H3,(H,20,21). The van der Waals surface area contributed by atoms with Crippen LogP contribution in [0.1, 0.15) is 63.8 Å². The van der Waals surface area contributed by atoms with Gasteiger partial charge in [0.15, 0.2) is 5.13 Å². The third-order valence-electron chi connectivity index (χ3n) is 4.01. The van der Waals surface area contributed by atoms with Crippen molar-refractivity contribution in [2.45, 2.75) is 52.5 Å². The van der Waals surface area contributed by atoms with E-state index in [0.29, 0.717) is 12.0 Å². The van der Waals surface area contributed by atoms with Gasteiger partial charge in [0.2, 0.25) is 0 Å². The molecule has 0 saturated heterocycles. The van der Waals surface area contributed by atoms with E-state index in [9.17, 15) is 0 Å². The highest BCUT2D eigenvalue weighted by atomic mass is 32.1. The molecule has 0 radical (unpaired) electrons. The summed E-state index contributed by atoms with van der Waals surface area (Å²) in [6.07, 6.45) is 2.28. The third kappa shape index (κ3) is 4.31. The number of hydrogen-bond donors (Lipinski definition) is 2. The van der Waals surface area contributed by atoms with Gasteiger partial charge in [-0.2, -0.15) is 0 Å². The van der Waals surface area contributed by atoms with Gasteiger partial charge in [-0.15, -0.1) is 11.3 Å². The minimum absolute atomic E-state index is 0.302. The van der Waals surface area contributed by atoms with Crippen molar-refractivity contribution in [3.8, 4) is 0 Å². The maximum absolute atomic E-state index is 4.73. The van der Waals surface area contributed by atoms with Crippen LogP contribution in [0.15, 0.2) is 29.6 Å². The molecule has 4 heteroatoms. The van der Waals surface area contributed by atoms with Gasteiger partial charge >= 0.3 is 0 Å². The summed E-state index contributed by atoms with van der Waals surface area (Å²) >= 11 is 1.67. The van der Waals surface area contributed by atoms with Crippen LogP contribution in [0.5, 0.6) is 0 Å². The molecule has 0 fully saturated rings. The second-order valence-electron chi connectivity index (χ2n) is 5.77. The lowest BCUT2D eigenvalue weighted by Gasteiger charge is -2.15. The fourth-order valence-electron chi connectivity index (χ4n) is 2.38. The molecule has 0 saturated carbocycles. The molecule has 2 atom stereocenters. The minimum atomic E-state index is 0.302. The lowest BCUT2D eigenvalue weighted by Crippen LogP contribution is -2.19. The summed E-state index contributed by atoms with van der Waals surface area (Å²) in [5.74, 6) is 0.549. The lowest BCUT2D eigenvalue weighted by atomic mass is 9.97. The fraction of sp³-hybridized carbons (Fsp3) is 0.500. The van der Waals surface area contributed by atoms with Gasteiger partial charge in [-0.1, -0.05) is 39.0 Å². The van der Waals surface area contributed by atoms with Crippen molar-refractivity contribution >= 4 is 22.2 Å². The number of nitrogens with zero attached hydrogens (tertiary/aromatic N) is 1. The zero-order valence-electron chi connectivity index (χ0n) is 14.0. The molecule has 3 nitrogen and oxygen atoms in total. The van der Waals surface area contributed by atoms with E-state index in [4.69, 9.17) is 4.98 Å². The number of benzene rings is 1. The Hall–Kier alpha value is -1.39. The Bertz CT molecular complexity index is 579. The van der Waals surface area contributed by atoms with E-state index < -0.39 is 0 Å². The Morgan fingerprint density at radius 3 is 2.68 bits per heavy atom. The summed E-state index contributed by atoms with van der Waals surface area (Å²) in [6, 6.07) is 8.83. The molecular formula is C18H27N3S. The first-order chi connectivity index (χ1) is 10.7. The largest absolute Gasteiger partial charge is 0.331 e. The molecule has 22 heavy (non-hydrogen) atoms. The van der Waals surface area contributed by atoms with Crippen LogP contribution in [0.4, 0.5) is 10.8 Å². The normalized spacial score (nSPS) is 13.8. The average Bonchev–Trinajstić information content (AvgIpc) is 3.01. The quantitative estimate of drug-likeness (QED) is 0.678. The molecule has 1 heterocycles. The van der Waals surface area contributed by atoms with Crippen molar-refractivity contribution in [2.75, 3.05) is 11.9 Å². The summed E-state index contributed by atoms with van der Waals surface area (Å²) in [6.45, 7) is 9.87. The molecule has 0 aliphatic carbocycles. The van der Waals surface area contributed by atoms with Crippen LogP contribution < -0.4 is 10.6 Å². The molecule has 0 spiro atoms. The summed E-state index contributed by atoms with van der Waals surface area (Å²) in [7, 11) is 0. The summed E-state index contributed by atoms with van der Waals surface area (Å²) in [4.78, 5) is 4.73. The average molecular weight is 318 g/mol. The lowest BCUT2D eigenvalue weighted by molar-refractivity contribution is 0.561. The van der Waals surface area contributed by atoms with Gasteiger partial charge in [-0.3, -0.25) is 0 Å². The predicted octanol–water partition coefficient (Wildman–Crippen LogP) is 5.46. The minimum Gasteiger partial charge on any atom is -0.331 e. The van der Waals surface area contributed by atoms with Crippen LogP contribution in [-0.2, 0) is 0 Å². The maximum Gasteiger partial charge on any atom is 0.187 e. The van der Waals surface area contributed by atoms with Crippen LogP contribution in [0.25, 0.3) is 0 Å². The second kappa shape index (κ2) is 8.30. The Labute approximate surface area is 138 Å². The number of para-hydroxylation sites is 1. The molecular weight excluding hydrogens is 290 g/mol. The van der Waals surface area contributed by atoms with Crippen molar-refractivity contribution in [3.05, 3.63) is 40.9 Å². The van der Waals surface area contributed by atoms with Gasteiger partial charge in [0, 0.05) is 17.1 Å². The van der Waals surface area contributed by atoms with E-state index in [-0.39, 0.29) is 0 Å². The van der Waals surface area contributed by atoms with Crippen LogP contribution >= 0.6 is 11.3 Å². The van der Waals surface area contributed by atoms with Crippen LogP contribution in [0, 0.1) is 0 Å². The number of nitrogens with one attached hydrogen (secondary N) is 2. The molecule has 2 aromatic rings. The molecule has 2 unspecified atom stereocenters. The Morgan fingerprint density at radius 1 is 1.18 bits per heavy atom. The Kier molecular flexibility index (Phi) is 6.40. The molecule has 1 aromatic carbocycles. The van der Waals surface area contributed by atoms with E-state index in [1.165, 1.54) is 11.3 Å². The van der Waals surface area contributed by atoms with E-state index in [2.05, 4.69) is 68.0 Å². The zero-order chi connectivity index (χ0) is 15.9. The van der Waals surface area contributed by atoms with Crippen molar-refractivity contribution in [3.63, 3.8) is 0 Å². The number of anilines is 2. The van der Waals surface area contributed by atoms with Crippen LogP contribution in [-0.4, -0.2) is 11.5 Å². The van der Waals surface area contributed by atoms with E-state index in [1.807, 2.05) is 0 Å². The van der Waals surface area contributed by atoms with E-state index in [0.717, 1.165) is 30.2 Å². The number of aromatic nitrogens is 1. The number of hydrogen-bond acceptors (Lipinski definition) is 4. The Balaban J connectivity index is 2.10. The van der Waals surface area contributed by atoms with E-state index in [1.54, 1.807) is 11.3 Å². The van der Waals surface area contributed by atoms with E-state index >= 15 is 0 Å². The van der Waals surface area contributed by atoms with Crippen LogP contribution in [0.3, 0.4) is 0 Å². The third-order valence-corrected chi connectivity index (χ3v) is 4.79. The molecule has 0 aliphatic rings. The first-order valence-corrected chi connectivity index (χ1v) is 9.08. The monoisotopic (exact) mass is 317 g/mol. The highest BCUT2D eigenvalue weighted by molar-refractivity contribution is 7.13. The van der Waals surface area contributed by atoms with Gasteiger partial charge < -0.3 is 10.6 Å². The summed E-state index contributed by atoms with van der Waals surface area (Å²) < 4.78 is 0. The Morgan fingerprint density at radius 2 is 1.95 bits per heavy atom. The van der Waals surface area contributed by atoms with Gasteiger partial charge in [0.05, 0.1) is 5.69 Å².